The lowest BCUT2D eigenvalue weighted by atomic mass is 10.1. The van der Waals surface area contributed by atoms with Crippen molar-refractivity contribution < 1.29 is 4.79 Å². The number of amides is 1. The van der Waals surface area contributed by atoms with Crippen LogP contribution in [0.5, 0.6) is 0 Å². The van der Waals surface area contributed by atoms with E-state index in [4.69, 9.17) is 0 Å². The fraction of sp³-hybridized carbons (Fsp3) is 0.533. The van der Waals surface area contributed by atoms with E-state index < -0.39 is 0 Å². The van der Waals surface area contributed by atoms with E-state index in [2.05, 4.69) is 24.8 Å². The van der Waals surface area contributed by atoms with E-state index in [0.29, 0.717) is 0 Å². The topological polar surface area (TPSA) is 20.3 Å². The zero-order chi connectivity index (χ0) is 13.4. The molecule has 18 heavy (non-hydrogen) atoms. The summed E-state index contributed by atoms with van der Waals surface area (Å²) in [6.07, 6.45) is 3.37. The highest BCUT2D eigenvalue weighted by atomic mass is 32.1. The lowest BCUT2D eigenvalue weighted by molar-refractivity contribution is 0.0773. The largest absolute Gasteiger partial charge is 0.339 e. The predicted molar refractivity (Wildman–Crippen MR) is 80.5 cm³/mol. The van der Waals surface area contributed by atoms with E-state index >= 15 is 0 Å². The van der Waals surface area contributed by atoms with Crippen molar-refractivity contribution in [3.63, 3.8) is 0 Å². The average molecular weight is 265 g/mol. The van der Waals surface area contributed by atoms with Crippen molar-refractivity contribution in [2.24, 2.45) is 0 Å². The Kier molecular flexibility index (Phi) is 6.88. The van der Waals surface area contributed by atoms with Crippen LogP contribution in [0, 0.1) is 0 Å². The van der Waals surface area contributed by atoms with E-state index in [-0.39, 0.29) is 5.91 Å². The molecule has 0 spiro atoms. The quantitative estimate of drug-likeness (QED) is 0.591. The molecule has 0 unspecified atom stereocenters. The van der Waals surface area contributed by atoms with Gasteiger partial charge in [-0.15, -0.1) is 0 Å². The van der Waals surface area contributed by atoms with Crippen LogP contribution in [0.25, 0.3) is 0 Å². The van der Waals surface area contributed by atoms with Gasteiger partial charge in [-0.05, 0) is 56.6 Å². The van der Waals surface area contributed by atoms with Gasteiger partial charge < -0.3 is 4.90 Å². The molecular formula is C15H23NOS. The molecule has 0 bridgehead atoms. The van der Waals surface area contributed by atoms with E-state index in [1.165, 1.54) is 5.56 Å². The first kappa shape index (κ1) is 15.1. The number of rotatable bonds is 7. The lowest BCUT2D eigenvalue weighted by Crippen LogP contribution is -2.30. The van der Waals surface area contributed by atoms with Crippen molar-refractivity contribution in [1.29, 1.82) is 0 Å². The summed E-state index contributed by atoms with van der Waals surface area (Å²) >= 11 is 4.20. The summed E-state index contributed by atoms with van der Waals surface area (Å²) in [6.45, 7) is 5.54. The van der Waals surface area contributed by atoms with Crippen LogP contribution >= 0.6 is 12.6 Å². The van der Waals surface area contributed by atoms with Crippen LogP contribution in [0.2, 0.25) is 0 Å². The molecule has 2 nitrogen and oxygen atoms in total. The van der Waals surface area contributed by atoms with Crippen molar-refractivity contribution in [1.82, 2.24) is 4.90 Å². The molecule has 0 saturated carbocycles. The Morgan fingerprint density at radius 3 is 2.22 bits per heavy atom. The molecule has 0 atom stereocenters. The first-order chi connectivity index (χ1) is 8.72. The summed E-state index contributed by atoms with van der Waals surface area (Å²) in [7, 11) is 0. The second-order valence-corrected chi connectivity index (χ2v) is 4.80. The summed E-state index contributed by atoms with van der Waals surface area (Å²) in [4.78, 5) is 13.9. The van der Waals surface area contributed by atoms with Gasteiger partial charge in [-0.3, -0.25) is 4.79 Å². The Labute approximate surface area is 116 Å². The maximum Gasteiger partial charge on any atom is 0.253 e. The standard InChI is InChI=1S/C15H23NOS/c1-3-16(4-2)15(17)14-10-8-13(9-11-14)7-5-6-12-18/h8-11,18H,3-7,12H2,1-2H3. The SMILES string of the molecule is CCN(CC)C(=O)c1ccc(CCCCS)cc1. The van der Waals surface area contributed by atoms with Gasteiger partial charge in [-0.2, -0.15) is 12.6 Å². The maximum absolute atomic E-state index is 12.1. The Morgan fingerprint density at radius 2 is 1.72 bits per heavy atom. The molecule has 0 aliphatic rings. The van der Waals surface area contributed by atoms with Crippen LogP contribution in [0.4, 0.5) is 0 Å². The minimum atomic E-state index is 0.127. The molecule has 0 fully saturated rings. The number of benzene rings is 1. The van der Waals surface area contributed by atoms with Crippen molar-refractivity contribution in [2.45, 2.75) is 33.1 Å². The minimum Gasteiger partial charge on any atom is -0.339 e. The summed E-state index contributed by atoms with van der Waals surface area (Å²) < 4.78 is 0. The molecule has 0 heterocycles. The van der Waals surface area contributed by atoms with Crippen LogP contribution in [0.15, 0.2) is 24.3 Å². The van der Waals surface area contributed by atoms with Crippen LogP contribution < -0.4 is 0 Å². The third-order valence-corrected chi connectivity index (χ3v) is 3.44. The molecule has 0 saturated heterocycles. The highest BCUT2D eigenvalue weighted by molar-refractivity contribution is 7.80. The molecule has 0 radical (unpaired) electrons. The van der Waals surface area contributed by atoms with Crippen molar-refractivity contribution in [3.8, 4) is 0 Å². The van der Waals surface area contributed by atoms with Crippen LogP contribution in [-0.2, 0) is 6.42 Å². The van der Waals surface area contributed by atoms with Crippen molar-refractivity contribution in [3.05, 3.63) is 35.4 Å². The molecule has 0 aliphatic carbocycles. The Morgan fingerprint density at radius 1 is 1.11 bits per heavy atom. The summed E-state index contributed by atoms with van der Waals surface area (Å²) in [5.74, 6) is 1.07. The molecule has 0 N–H and O–H groups in total. The highest BCUT2D eigenvalue weighted by Crippen LogP contribution is 2.10. The molecule has 1 aromatic carbocycles. The fourth-order valence-corrected chi connectivity index (χ4v) is 2.17. The smallest absolute Gasteiger partial charge is 0.253 e. The number of hydrogen-bond donors (Lipinski definition) is 1. The summed E-state index contributed by atoms with van der Waals surface area (Å²) in [6, 6.07) is 8.01. The second kappa shape index (κ2) is 8.20. The number of aryl methyl sites for hydroxylation is 1. The predicted octanol–water partition coefficient (Wildman–Crippen LogP) is 3.42. The summed E-state index contributed by atoms with van der Waals surface area (Å²) in [5.41, 5.74) is 2.09. The number of hydrogen-bond acceptors (Lipinski definition) is 2. The molecule has 1 aromatic rings. The maximum atomic E-state index is 12.1. The Balaban J connectivity index is 2.61. The fourth-order valence-electron chi connectivity index (χ4n) is 1.95. The zero-order valence-corrected chi connectivity index (χ0v) is 12.2. The number of carbonyl (C=O) groups is 1. The minimum absolute atomic E-state index is 0.127. The van der Waals surface area contributed by atoms with Crippen molar-refractivity contribution in [2.75, 3.05) is 18.8 Å². The van der Waals surface area contributed by atoms with Gasteiger partial charge in [-0.1, -0.05) is 12.1 Å². The molecule has 1 amide bonds. The van der Waals surface area contributed by atoms with Gasteiger partial charge in [0.2, 0.25) is 0 Å². The van der Waals surface area contributed by atoms with Gasteiger partial charge in [-0.25, -0.2) is 0 Å². The van der Waals surface area contributed by atoms with E-state index in [1.54, 1.807) is 0 Å². The van der Waals surface area contributed by atoms with Gasteiger partial charge in [0.25, 0.3) is 5.91 Å². The normalized spacial score (nSPS) is 10.4. The van der Waals surface area contributed by atoms with Gasteiger partial charge in [0, 0.05) is 18.7 Å². The van der Waals surface area contributed by atoms with E-state index in [1.807, 2.05) is 30.9 Å². The van der Waals surface area contributed by atoms with E-state index in [9.17, 15) is 4.79 Å². The molecule has 3 heteroatoms. The first-order valence-corrected chi connectivity index (χ1v) is 7.35. The third kappa shape index (κ3) is 4.37. The third-order valence-electron chi connectivity index (χ3n) is 3.13. The molecule has 0 aromatic heterocycles. The van der Waals surface area contributed by atoms with Crippen LogP contribution in [-0.4, -0.2) is 29.6 Å². The molecule has 100 valence electrons. The monoisotopic (exact) mass is 265 g/mol. The lowest BCUT2D eigenvalue weighted by Gasteiger charge is -2.18. The highest BCUT2D eigenvalue weighted by Gasteiger charge is 2.11. The van der Waals surface area contributed by atoms with Gasteiger partial charge in [0.05, 0.1) is 0 Å². The van der Waals surface area contributed by atoms with Crippen molar-refractivity contribution >= 4 is 18.5 Å². The number of nitrogens with zero attached hydrogens (tertiary/aromatic N) is 1. The first-order valence-electron chi connectivity index (χ1n) is 6.72. The molecule has 0 aliphatic heterocycles. The average Bonchev–Trinajstić information content (AvgIpc) is 2.41. The number of carbonyl (C=O) groups excluding carboxylic acids is 1. The number of unbranched alkanes of at least 4 members (excludes halogenated alkanes) is 1. The van der Waals surface area contributed by atoms with Crippen LogP contribution in [0.3, 0.4) is 0 Å². The second-order valence-electron chi connectivity index (χ2n) is 4.36. The van der Waals surface area contributed by atoms with Gasteiger partial charge in [0.1, 0.15) is 0 Å². The number of thiol groups is 1. The Bertz CT molecular complexity index is 357. The van der Waals surface area contributed by atoms with Gasteiger partial charge in [0.15, 0.2) is 0 Å². The molecule has 1 rings (SSSR count). The van der Waals surface area contributed by atoms with E-state index in [0.717, 1.165) is 43.7 Å². The van der Waals surface area contributed by atoms with Crippen LogP contribution in [0.1, 0.15) is 42.6 Å². The summed E-state index contributed by atoms with van der Waals surface area (Å²) in [5, 5.41) is 0. The zero-order valence-electron chi connectivity index (χ0n) is 11.4. The van der Waals surface area contributed by atoms with Gasteiger partial charge >= 0.3 is 0 Å². The Hall–Kier alpha value is -0.960. The molecular weight excluding hydrogens is 242 g/mol.